The summed E-state index contributed by atoms with van der Waals surface area (Å²) in [6.07, 6.45) is 3.67. The van der Waals surface area contributed by atoms with Gasteiger partial charge in [-0.1, -0.05) is 65.8 Å². The highest BCUT2D eigenvalue weighted by atomic mass is 14.7. The molecule has 0 bridgehead atoms. The lowest BCUT2D eigenvalue weighted by atomic mass is 9.66. The van der Waals surface area contributed by atoms with E-state index in [1.807, 2.05) is 0 Å². The Morgan fingerprint density at radius 3 is 1.95 bits per heavy atom. The van der Waals surface area contributed by atoms with Crippen molar-refractivity contribution < 1.29 is 0 Å². The third-order valence-corrected chi connectivity index (χ3v) is 5.33. The molecule has 1 aliphatic rings. The molecule has 1 nitrogen and oxygen atoms in total. The molecule has 21 heavy (non-hydrogen) atoms. The Hall–Kier alpha value is -0.820. The quantitative estimate of drug-likeness (QED) is 0.751. The zero-order chi connectivity index (χ0) is 15.8. The summed E-state index contributed by atoms with van der Waals surface area (Å²) in [4.78, 5) is 0. The SMILES string of the molecule is CC(C)(C)c1ccc(C2CC(C(C)(C)C)CCC2N)cc1. The Balaban J connectivity index is 2.19. The van der Waals surface area contributed by atoms with Gasteiger partial charge in [0, 0.05) is 6.04 Å². The molecule has 0 aliphatic heterocycles. The summed E-state index contributed by atoms with van der Waals surface area (Å²) in [7, 11) is 0. The minimum atomic E-state index is 0.223. The maximum atomic E-state index is 6.44. The van der Waals surface area contributed by atoms with Gasteiger partial charge in [0.25, 0.3) is 0 Å². The number of rotatable bonds is 1. The third kappa shape index (κ3) is 3.88. The normalized spacial score (nSPS) is 27.7. The Bertz CT molecular complexity index is 458. The molecule has 1 fully saturated rings. The minimum absolute atomic E-state index is 0.223. The standard InChI is InChI=1S/C20H33N/c1-19(2,3)15-9-7-14(8-10-15)17-13-16(20(4,5)6)11-12-18(17)21/h7-10,16-18H,11-13,21H2,1-6H3. The van der Waals surface area contributed by atoms with Gasteiger partial charge in [-0.25, -0.2) is 0 Å². The molecular formula is C20H33N. The van der Waals surface area contributed by atoms with Crippen LogP contribution in [0.1, 0.15) is 77.8 Å². The molecule has 3 atom stereocenters. The third-order valence-electron chi connectivity index (χ3n) is 5.33. The van der Waals surface area contributed by atoms with Crippen LogP contribution in [0.5, 0.6) is 0 Å². The van der Waals surface area contributed by atoms with Gasteiger partial charge in [0.15, 0.2) is 0 Å². The molecule has 1 heteroatoms. The average Bonchev–Trinajstić information content (AvgIpc) is 2.37. The van der Waals surface area contributed by atoms with E-state index in [1.165, 1.54) is 24.0 Å². The molecule has 1 saturated carbocycles. The van der Waals surface area contributed by atoms with Crippen molar-refractivity contribution in [2.24, 2.45) is 17.1 Å². The Morgan fingerprint density at radius 2 is 1.48 bits per heavy atom. The Kier molecular flexibility index (Phi) is 4.54. The summed E-state index contributed by atoms with van der Waals surface area (Å²) in [5.41, 5.74) is 9.90. The highest BCUT2D eigenvalue weighted by molar-refractivity contribution is 5.30. The molecule has 2 N–H and O–H groups in total. The van der Waals surface area contributed by atoms with Crippen molar-refractivity contribution in [2.45, 2.75) is 78.2 Å². The van der Waals surface area contributed by atoms with Crippen molar-refractivity contribution in [3.05, 3.63) is 35.4 Å². The first kappa shape index (κ1) is 16.5. The van der Waals surface area contributed by atoms with Gasteiger partial charge in [-0.05, 0) is 53.1 Å². The van der Waals surface area contributed by atoms with Crippen LogP contribution in [0, 0.1) is 11.3 Å². The molecule has 2 rings (SSSR count). The molecule has 0 amide bonds. The number of hydrogen-bond acceptors (Lipinski definition) is 1. The summed E-state index contributed by atoms with van der Waals surface area (Å²) in [5.74, 6) is 1.31. The second kappa shape index (κ2) is 5.76. The molecule has 0 heterocycles. The van der Waals surface area contributed by atoms with Crippen LogP contribution in [0.2, 0.25) is 0 Å². The first-order chi connectivity index (χ1) is 9.59. The van der Waals surface area contributed by atoms with Gasteiger partial charge < -0.3 is 5.73 Å². The largest absolute Gasteiger partial charge is 0.327 e. The maximum absolute atomic E-state index is 6.44. The van der Waals surface area contributed by atoms with Crippen molar-refractivity contribution in [3.8, 4) is 0 Å². The van der Waals surface area contributed by atoms with Crippen LogP contribution >= 0.6 is 0 Å². The van der Waals surface area contributed by atoms with E-state index >= 15 is 0 Å². The lowest BCUT2D eigenvalue weighted by molar-refractivity contribution is 0.154. The highest BCUT2D eigenvalue weighted by Gasteiger charge is 2.35. The molecule has 3 unspecified atom stereocenters. The summed E-state index contributed by atoms with van der Waals surface area (Å²) in [6, 6.07) is 9.54. The van der Waals surface area contributed by atoms with E-state index in [0.29, 0.717) is 17.4 Å². The summed E-state index contributed by atoms with van der Waals surface area (Å²) >= 11 is 0. The van der Waals surface area contributed by atoms with Crippen LogP contribution in [-0.2, 0) is 5.41 Å². The molecule has 118 valence electrons. The van der Waals surface area contributed by atoms with E-state index in [0.717, 1.165) is 12.3 Å². The van der Waals surface area contributed by atoms with Crippen LogP contribution in [0.25, 0.3) is 0 Å². The molecule has 1 aliphatic carbocycles. The van der Waals surface area contributed by atoms with Gasteiger partial charge in [0.2, 0.25) is 0 Å². The van der Waals surface area contributed by atoms with Gasteiger partial charge in [0.1, 0.15) is 0 Å². The molecule has 0 aromatic heterocycles. The summed E-state index contributed by atoms with van der Waals surface area (Å²) in [5, 5.41) is 0. The van der Waals surface area contributed by atoms with E-state index in [-0.39, 0.29) is 5.41 Å². The van der Waals surface area contributed by atoms with Gasteiger partial charge >= 0.3 is 0 Å². The number of benzene rings is 1. The topological polar surface area (TPSA) is 26.0 Å². The molecule has 0 saturated heterocycles. The Labute approximate surface area is 131 Å². The van der Waals surface area contributed by atoms with Crippen LogP contribution in [0.3, 0.4) is 0 Å². The molecule has 1 aromatic rings. The van der Waals surface area contributed by atoms with E-state index in [9.17, 15) is 0 Å². The lowest BCUT2D eigenvalue weighted by Gasteiger charge is -2.41. The smallest absolute Gasteiger partial charge is 0.0108 e. The van der Waals surface area contributed by atoms with E-state index in [2.05, 4.69) is 65.8 Å². The summed E-state index contributed by atoms with van der Waals surface area (Å²) < 4.78 is 0. The van der Waals surface area contributed by atoms with E-state index in [1.54, 1.807) is 0 Å². The first-order valence-electron chi connectivity index (χ1n) is 8.45. The van der Waals surface area contributed by atoms with Crippen molar-refractivity contribution >= 4 is 0 Å². The van der Waals surface area contributed by atoms with E-state index in [4.69, 9.17) is 5.73 Å². The predicted molar refractivity (Wildman–Crippen MR) is 92.7 cm³/mol. The fraction of sp³-hybridized carbons (Fsp3) is 0.700. The lowest BCUT2D eigenvalue weighted by Crippen LogP contribution is -2.38. The maximum Gasteiger partial charge on any atom is 0.0108 e. The monoisotopic (exact) mass is 287 g/mol. The van der Waals surface area contributed by atoms with E-state index < -0.39 is 0 Å². The van der Waals surface area contributed by atoms with Crippen molar-refractivity contribution in [1.29, 1.82) is 0 Å². The van der Waals surface area contributed by atoms with Gasteiger partial charge in [0.05, 0.1) is 0 Å². The first-order valence-corrected chi connectivity index (χ1v) is 8.45. The zero-order valence-electron chi connectivity index (χ0n) is 14.7. The number of hydrogen-bond donors (Lipinski definition) is 1. The van der Waals surface area contributed by atoms with Crippen molar-refractivity contribution in [3.63, 3.8) is 0 Å². The van der Waals surface area contributed by atoms with Crippen LogP contribution in [-0.4, -0.2) is 6.04 Å². The predicted octanol–water partition coefficient (Wildman–Crippen LogP) is 5.24. The second-order valence-electron chi connectivity index (χ2n) is 9.02. The van der Waals surface area contributed by atoms with Gasteiger partial charge in [-0.3, -0.25) is 0 Å². The minimum Gasteiger partial charge on any atom is -0.327 e. The Morgan fingerprint density at radius 1 is 0.905 bits per heavy atom. The van der Waals surface area contributed by atoms with Crippen LogP contribution in [0.4, 0.5) is 0 Å². The van der Waals surface area contributed by atoms with Crippen molar-refractivity contribution in [1.82, 2.24) is 0 Å². The molecular weight excluding hydrogens is 254 g/mol. The van der Waals surface area contributed by atoms with Crippen molar-refractivity contribution in [2.75, 3.05) is 0 Å². The van der Waals surface area contributed by atoms with Crippen LogP contribution in [0.15, 0.2) is 24.3 Å². The van der Waals surface area contributed by atoms with Gasteiger partial charge in [-0.2, -0.15) is 0 Å². The highest BCUT2D eigenvalue weighted by Crippen LogP contribution is 2.43. The zero-order valence-corrected chi connectivity index (χ0v) is 14.7. The molecule has 0 spiro atoms. The fourth-order valence-electron chi connectivity index (χ4n) is 3.59. The number of nitrogens with two attached hydrogens (primary N) is 1. The fourth-order valence-corrected chi connectivity index (χ4v) is 3.59. The second-order valence-corrected chi connectivity index (χ2v) is 9.02. The van der Waals surface area contributed by atoms with Gasteiger partial charge in [-0.15, -0.1) is 0 Å². The average molecular weight is 287 g/mol. The van der Waals surface area contributed by atoms with Crippen LogP contribution < -0.4 is 5.73 Å². The molecule has 0 radical (unpaired) electrons. The molecule has 1 aromatic carbocycles. The summed E-state index contributed by atoms with van der Waals surface area (Å²) in [6.45, 7) is 13.9.